The van der Waals surface area contributed by atoms with Crippen molar-refractivity contribution in [2.45, 2.75) is 6.42 Å². The molecule has 0 aliphatic carbocycles. The summed E-state index contributed by atoms with van der Waals surface area (Å²) in [6.07, 6.45) is 0.992. The number of carbonyl (C=O) groups excluding carboxylic acids is 1. The van der Waals surface area contributed by atoms with E-state index < -0.39 is 0 Å². The first-order chi connectivity index (χ1) is 7.77. The van der Waals surface area contributed by atoms with Crippen molar-refractivity contribution >= 4 is 34.2 Å². The molecular formula is C10H16N2O2S2. The average Bonchev–Trinajstić information content (AvgIpc) is 2.62. The Morgan fingerprint density at radius 2 is 2.06 bits per heavy atom. The Balaban J connectivity index is 1.67. The van der Waals surface area contributed by atoms with E-state index in [1.165, 1.54) is 11.8 Å². The van der Waals surface area contributed by atoms with Crippen LogP contribution >= 0.6 is 24.0 Å². The molecule has 0 aromatic heterocycles. The molecule has 0 saturated carbocycles. The Morgan fingerprint density at radius 3 is 2.69 bits per heavy atom. The maximum absolute atomic E-state index is 11.5. The molecule has 0 N–H and O–H groups in total. The number of rotatable bonds is 4. The van der Waals surface area contributed by atoms with Gasteiger partial charge in [0.25, 0.3) is 0 Å². The van der Waals surface area contributed by atoms with E-state index in [1.807, 2.05) is 0 Å². The van der Waals surface area contributed by atoms with Crippen LogP contribution in [-0.4, -0.2) is 65.2 Å². The SMILES string of the molecule is O=C1CSC(=S)N1CCCN1CCOCC1. The first-order valence-corrected chi connectivity index (χ1v) is 6.94. The number of carbonyl (C=O) groups is 1. The van der Waals surface area contributed by atoms with Gasteiger partial charge in [-0.3, -0.25) is 14.6 Å². The van der Waals surface area contributed by atoms with Crippen LogP contribution in [0.4, 0.5) is 0 Å². The van der Waals surface area contributed by atoms with Crippen LogP contribution in [0.2, 0.25) is 0 Å². The summed E-state index contributed by atoms with van der Waals surface area (Å²) in [4.78, 5) is 15.6. The van der Waals surface area contributed by atoms with Crippen LogP contribution in [0, 0.1) is 0 Å². The zero-order valence-corrected chi connectivity index (χ0v) is 10.8. The second-order valence-electron chi connectivity index (χ2n) is 3.91. The van der Waals surface area contributed by atoms with Crippen LogP contribution in [0.3, 0.4) is 0 Å². The molecule has 2 saturated heterocycles. The van der Waals surface area contributed by atoms with E-state index in [1.54, 1.807) is 4.90 Å². The third-order valence-corrected chi connectivity index (χ3v) is 4.23. The summed E-state index contributed by atoms with van der Waals surface area (Å²) in [5.74, 6) is 0.688. The Hall–Kier alpha value is -0.170. The molecule has 1 amide bonds. The van der Waals surface area contributed by atoms with E-state index in [9.17, 15) is 4.79 Å². The minimum Gasteiger partial charge on any atom is -0.379 e. The number of thiocarbonyl (C=S) groups is 1. The van der Waals surface area contributed by atoms with Crippen LogP contribution in [-0.2, 0) is 9.53 Å². The van der Waals surface area contributed by atoms with Crippen molar-refractivity contribution in [3.8, 4) is 0 Å². The van der Waals surface area contributed by atoms with Gasteiger partial charge in [0.05, 0.1) is 19.0 Å². The fraction of sp³-hybridized carbons (Fsp3) is 0.800. The van der Waals surface area contributed by atoms with Gasteiger partial charge in [-0.05, 0) is 6.42 Å². The van der Waals surface area contributed by atoms with Crippen molar-refractivity contribution in [3.05, 3.63) is 0 Å². The predicted octanol–water partition coefficient (Wildman–Crippen LogP) is 0.569. The fourth-order valence-corrected chi connectivity index (χ4v) is 3.00. The molecule has 2 heterocycles. The highest BCUT2D eigenvalue weighted by Crippen LogP contribution is 2.19. The van der Waals surface area contributed by atoms with Crippen LogP contribution in [0.5, 0.6) is 0 Å². The van der Waals surface area contributed by atoms with Crippen LogP contribution < -0.4 is 0 Å². The number of amides is 1. The van der Waals surface area contributed by atoms with Crippen molar-refractivity contribution in [1.29, 1.82) is 0 Å². The van der Waals surface area contributed by atoms with Gasteiger partial charge in [-0.2, -0.15) is 0 Å². The topological polar surface area (TPSA) is 32.8 Å². The van der Waals surface area contributed by atoms with Gasteiger partial charge in [0, 0.05) is 26.2 Å². The highest BCUT2D eigenvalue weighted by atomic mass is 32.2. The highest BCUT2D eigenvalue weighted by Gasteiger charge is 2.25. The molecule has 2 aliphatic heterocycles. The van der Waals surface area contributed by atoms with Crippen LogP contribution in [0.15, 0.2) is 0 Å². The maximum atomic E-state index is 11.5. The first kappa shape index (κ1) is 12.3. The predicted molar refractivity (Wildman–Crippen MR) is 68.6 cm³/mol. The lowest BCUT2D eigenvalue weighted by atomic mass is 10.3. The normalized spacial score (nSPS) is 23.1. The fourth-order valence-electron chi connectivity index (χ4n) is 1.87. The molecule has 0 unspecified atom stereocenters. The molecular weight excluding hydrogens is 244 g/mol. The molecule has 0 aromatic carbocycles. The number of nitrogens with zero attached hydrogens (tertiary/aromatic N) is 2. The molecule has 2 fully saturated rings. The van der Waals surface area contributed by atoms with Crippen molar-refractivity contribution in [1.82, 2.24) is 9.80 Å². The lowest BCUT2D eigenvalue weighted by Crippen LogP contribution is -2.38. The van der Waals surface area contributed by atoms with E-state index in [0.29, 0.717) is 5.75 Å². The Bertz CT molecular complexity index is 264. The second-order valence-corrected chi connectivity index (χ2v) is 5.52. The van der Waals surface area contributed by atoms with Gasteiger partial charge in [0.2, 0.25) is 5.91 Å². The Kier molecular flexibility index (Phi) is 4.57. The van der Waals surface area contributed by atoms with E-state index in [-0.39, 0.29) is 5.91 Å². The van der Waals surface area contributed by atoms with Crippen molar-refractivity contribution < 1.29 is 9.53 Å². The Labute approximate surface area is 105 Å². The number of ether oxygens (including phenoxy) is 1. The number of hydrogen-bond acceptors (Lipinski definition) is 5. The minimum absolute atomic E-state index is 0.164. The van der Waals surface area contributed by atoms with Gasteiger partial charge in [-0.25, -0.2) is 0 Å². The molecule has 90 valence electrons. The van der Waals surface area contributed by atoms with Gasteiger partial charge in [-0.1, -0.05) is 24.0 Å². The molecule has 0 aromatic rings. The monoisotopic (exact) mass is 260 g/mol. The first-order valence-electron chi connectivity index (χ1n) is 5.54. The summed E-state index contributed by atoms with van der Waals surface area (Å²) in [6, 6.07) is 0. The lowest BCUT2D eigenvalue weighted by molar-refractivity contribution is -0.124. The number of hydrogen-bond donors (Lipinski definition) is 0. The van der Waals surface area contributed by atoms with E-state index >= 15 is 0 Å². The van der Waals surface area contributed by atoms with E-state index in [0.717, 1.165) is 50.1 Å². The molecule has 16 heavy (non-hydrogen) atoms. The third-order valence-electron chi connectivity index (χ3n) is 2.80. The molecule has 6 heteroatoms. The molecule has 0 bridgehead atoms. The summed E-state index contributed by atoms with van der Waals surface area (Å²) in [6.45, 7) is 5.47. The standard InChI is InChI=1S/C10H16N2O2S2/c13-9-8-16-10(15)12(9)3-1-2-11-4-6-14-7-5-11/h1-8H2. The molecule has 4 nitrogen and oxygen atoms in total. The summed E-state index contributed by atoms with van der Waals surface area (Å²) in [5.41, 5.74) is 0. The molecule has 0 atom stereocenters. The van der Waals surface area contributed by atoms with Gasteiger partial charge < -0.3 is 4.74 Å². The zero-order valence-electron chi connectivity index (χ0n) is 9.18. The van der Waals surface area contributed by atoms with Crippen molar-refractivity contribution in [2.75, 3.05) is 45.1 Å². The van der Waals surface area contributed by atoms with E-state index in [2.05, 4.69) is 4.90 Å². The van der Waals surface area contributed by atoms with Gasteiger partial charge in [0.15, 0.2) is 0 Å². The number of thioether (sulfide) groups is 1. The summed E-state index contributed by atoms with van der Waals surface area (Å²) in [5, 5.41) is 0. The van der Waals surface area contributed by atoms with Crippen molar-refractivity contribution in [2.24, 2.45) is 0 Å². The zero-order chi connectivity index (χ0) is 11.4. The lowest BCUT2D eigenvalue weighted by Gasteiger charge is -2.27. The summed E-state index contributed by atoms with van der Waals surface area (Å²) >= 11 is 6.60. The van der Waals surface area contributed by atoms with Gasteiger partial charge in [-0.15, -0.1) is 0 Å². The summed E-state index contributed by atoms with van der Waals surface area (Å²) < 4.78 is 6.03. The minimum atomic E-state index is 0.164. The molecule has 0 spiro atoms. The highest BCUT2D eigenvalue weighted by molar-refractivity contribution is 8.23. The summed E-state index contributed by atoms with van der Waals surface area (Å²) in [7, 11) is 0. The maximum Gasteiger partial charge on any atom is 0.238 e. The van der Waals surface area contributed by atoms with Gasteiger partial charge >= 0.3 is 0 Å². The van der Waals surface area contributed by atoms with Gasteiger partial charge in [0.1, 0.15) is 4.32 Å². The largest absolute Gasteiger partial charge is 0.379 e. The molecule has 0 radical (unpaired) electrons. The average molecular weight is 260 g/mol. The van der Waals surface area contributed by atoms with Crippen molar-refractivity contribution in [3.63, 3.8) is 0 Å². The quantitative estimate of drug-likeness (QED) is 0.690. The smallest absolute Gasteiger partial charge is 0.238 e. The van der Waals surface area contributed by atoms with Crippen LogP contribution in [0.1, 0.15) is 6.42 Å². The Morgan fingerprint density at radius 1 is 1.31 bits per heavy atom. The molecule has 2 aliphatic rings. The number of morpholine rings is 1. The molecule has 2 rings (SSSR count). The van der Waals surface area contributed by atoms with E-state index in [4.69, 9.17) is 17.0 Å². The third kappa shape index (κ3) is 3.16. The second kappa shape index (κ2) is 5.95. The van der Waals surface area contributed by atoms with Crippen LogP contribution in [0.25, 0.3) is 0 Å².